The minimum absolute atomic E-state index is 0.0575. The Hall–Kier alpha value is -1.36. The lowest BCUT2D eigenvalue weighted by atomic mass is 10.1. The van der Waals surface area contributed by atoms with Gasteiger partial charge in [0.2, 0.25) is 0 Å². The van der Waals surface area contributed by atoms with E-state index in [4.69, 9.17) is 0 Å². The third-order valence-electron chi connectivity index (χ3n) is 3.45. The summed E-state index contributed by atoms with van der Waals surface area (Å²) >= 11 is 0. The van der Waals surface area contributed by atoms with Crippen LogP contribution in [0.2, 0.25) is 0 Å². The van der Waals surface area contributed by atoms with Crippen LogP contribution in [0, 0.1) is 5.92 Å². The Balaban J connectivity index is 1.97. The zero-order valence-corrected chi connectivity index (χ0v) is 10.8. The van der Waals surface area contributed by atoms with E-state index in [2.05, 4.69) is 10.3 Å². The summed E-state index contributed by atoms with van der Waals surface area (Å²) in [5, 5.41) is 12.6. The second kappa shape index (κ2) is 6.00. The highest BCUT2D eigenvalue weighted by Crippen LogP contribution is 2.25. The van der Waals surface area contributed by atoms with Gasteiger partial charge < -0.3 is 15.0 Å². The first-order valence-electron chi connectivity index (χ1n) is 6.68. The van der Waals surface area contributed by atoms with Crippen LogP contribution < -0.4 is 10.9 Å². The van der Waals surface area contributed by atoms with E-state index in [1.807, 2.05) is 6.92 Å². The molecule has 2 atom stereocenters. The Morgan fingerprint density at radius 1 is 1.56 bits per heavy atom. The summed E-state index contributed by atoms with van der Waals surface area (Å²) in [5.74, 6) is 0.869. The fourth-order valence-corrected chi connectivity index (χ4v) is 2.46. The quantitative estimate of drug-likeness (QED) is 0.826. The van der Waals surface area contributed by atoms with Crippen LogP contribution in [-0.2, 0) is 6.54 Å². The van der Waals surface area contributed by atoms with Gasteiger partial charge in [0.15, 0.2) is 5.82 Å². The van der Waals surface area contributed by atoms with Gasteiger partial charge in [0.25, 0.3) is 5.56 Å². The Morgan fingerprint density at radius 3 is 3.06 bits per heavy atom. The maximum Gasteiger partial charge on any atom is 0.293 e. The number of hydrogen-bond acceptors (Lipinski definition) is 4. The molecule has 2 unspecified atom stereocenters. The minimum Gasteiger partial charge on any atom is -0.393 e. The fraction of sp³-hybridized carbons (Fsp3) is 0.692. The number of aryl methyl sites for hydroxylation is 1. The maximum atomic E-state index is 12.0. The molecular weight excluding hydrogens is 230 g/mol. The molecule has 0 aromatic carbocycles. The first-order valence-corrected chi connectivity index (χ1v) is 6.68. The zero-order chi connectivity index (χ0) is 13.0. The molecule has 0 bridgehead atoms. The van der Waals surface area contributed by atoms with Crippen molar-refractivity contribution in [2.45, 2.75) is 45.3 Å². The van der Waals surface area contributed by atoms with Gasteiger partial charge in [-0.05, 0) is 31.6 Å². The van der Waals surface area contributed by atoms with Crippen molar-refractivity contribution >= 4 is 5.82 Å². The van der Waals surface area contributed by atoms with Crippen LogP contribution in [0.15, 0.2) is 17.2 Å². The van der Waals surface area contributed by atoms with Crippen LogP contribution in [-0.4, -0.2) is 27.3 Å². The molecule has 1 aromatic rings. The summed E-state index contributed by atoms with van der Waals surface area (Å²) in [4.78, 5) is 16.1. The van der Waals surface area contributed by atoms with E-state index in [0.29, 0.717) is 11.7 Å². The van der Waals surface area contributed by atoms with Crippen LogP contribution in [0.5, 0.6) is 0 Å². The van der Waals surface area contributed by atoms with Gasteiger partial charge in [0.1, 0.15) is 0 Å². The molecule has 1 fully saturated rings. The molecule has 0 aliphatic heterocycles. The van der Waals surface area contributed by atoms with Crippen LogP contribution in [0.3, 0.4) is 0 Å². The van der Waals surface area contributed by atoms with E-state index >= 15 is 0 Å². The van der Waals surface area contributed by atoms with E-state index in [1.54, 1.807) is 17.0 Å². The molecule has 2 N–H and O–H groups in total. The molecular formula is C13H21N3O2. The highest BCUT2D eigenvalue weighted by molar-refractivity contribution is 5.30. The number of anilines is 1. The molecule has 2 rings (SSSR count). The Bertz CT molecular complexity index is 444. The van der Waals surface area contributed by atoms with Crippen molar-refractivity contribution in [2.75, 3.05) is 11.9 Å². The largest absolute Gasteiger partial charge is 0.393 e. The maximum absolute atomic E-state index is 12.0. The van der Waals surface area contributed by atoms with Gasteiger partial charge in [0.05, 0.1) is 6.10 Å². The van der Waals surface area contributed by atoms with Crippen molar-refractivity contribution in [1.82, 2.24) is 9.55 Å². The lowest BCUT2D eigenvalue weighted by Crippen LogP contribution is -2.26. The third kappa shape index (κ3) is 3.10. The standard InChI is InChI=1S/C13H21N3O2/c1-2-6-16-7-5-14-12(13(16)18)15-9-10-3-4-11(17)8-10/h5,7,10-11,17H,2-4,6,8-9H2,1H3,(H,14,15). The summed E-state index contributed by atoms with van der Waals surface area (Å²) < 4.78 is 1.68. The summed E-state index contributed by atoms with van der Waals surface area (Å²) in [6.45, 7) is 3.48. The van der Waals surface area contributed by atoms with E-state index in [9.17, 15) is 9.90 Å². The summed E-state index contributed by atoms with van der Waals surface area (Å²) in [5.41, 5.74) is -0.0575. The van der Waals surface area contributed by atoms with E-state index in [1.165, 1.54) is 0 Å². The highest BCUT2D eigenvalue weighted by Gasteiger charge is 2.22. The molecule has 5 heteroatoms. The smallest absolute Gasteiger partial charge is 0.293 e. The van der Waals surface area contributed by atoms with Gasteiger partial charge in [-0.25, -0.2) is 4.98 Å². The molecule has 0 saturated heterocycles. The van der Waals surface area contributed by atoms with Gasteiger partial charge in [-0.3, -0.25) is 4.79 Å². The summed E-state index contributed by atoms with van der Waals surface area (Å²) in [6.07, 6.45) is 6.84. The molecule has 0 radical (unpaired) electrons. The topological polar surface area (TPSA) is 67.2 Å². The molecule has 1 heterocycles. The summed E-state index contributed by atoms with van der Waals surface area (Å²) in [6, 6.07) is 0. The molecule has 1 aromatic heterocycles. The molecule has 0 spiro atoms. The lowest BCUT2D eigenvalue weighted by Gasteiger charge is -2.12. The second-order valence-corrected chi connectivity index (χ2v) is 4.99. The van der Waals surface area contributed by atoms with Gasteiger partial charge in [-0.1, -0.05) is 6.92 Å². The lowest BCUT2D eigenvalue weighted by molar-refractivity contribution is 0.178. The predicted molar refractivity (Wildman–Crippen MR) is 70.6 cm³/mol. The third-order valence-corrected chi connectivity index (χ3v) is 3.45. The van der Waals surface area contributed by atoms with Gasteiger partial charge in [-0.15, -0.1) is 0 Å². The molecule has 18 heavy (non-hydrogen) atoms. The fourth-order valence-electron chi connectivity index (χ4n) is 2.46. The SMILES string of the molecule is CCCn1ccnc(NCC2CCC(O)C2)c1=O. The number of rotatable bonds is 5. The Labute approximate surface area is 107 Å². The monoisotopic (exact) mass is 251 g/mol. The number of aromatic nitrogens is 2. The van der Waals surface area contributed by atoms with E-state index in [-0.39, 0.29) is 11.7 Å². The minimum atomic E-state index is -0.169. The Kier molecular flexibility index (Phi) is 4.36. The zero-order valence-electron chi connectivity index (χ0n) is 10.8. The average molecular weight is 251 g/mol. The van der Waals surface area contributed by atoms with Crippen LogP contribution in [0.1, 0.15) is 32.6 Å². The van der Waals surface area contributed by atoms with Crippen molar-refractivity contribution in [2.24, 2.45) is 5.92 Å². The van der Waals surface area contributed by atoms with Gasteiger partial charge in [0, 0.05) is 25.5 Å². The van der Waals surface area contributed by atoms with Gasteiger partial charge in [-0.2, -0.15) is 0 Å². The van der Waals surface area contributed by atoms with Gasteiger partial charge >= 0.3 is 0 Å². The molecule has 1 aliphatic rings. The second-order valence-electron chi connectivity index (χ2n) is 4.99. The molecule has 5 nitrogen and oxygen atoms in total. The molecule has 100 valence electrons. The highest BCUT2D eigenvalue weighted by atomic mass is 16.3. The van der Waals surface area contributed by atoms with Crippen molar-refractivity contribution < 1.29 is 5.11 Å². The number of aliphatic hydroxyl groups excluding tert-OH is 1. The van der Waals surface area contributed by atoms with Crippen molar-refractivity contribution in [3.8, 4) is 0 Å². The van der Waals surface area contributed by atoms with Crippen LogP contribution in [0.4, 0.5) is 5.82 Å². The molecule has 1 aliphatic carbocycles. The van der Waals surface area contributed by atoms with Crippen LogP contribution in [0.25, 0.3) is 0 Å². The summed E-state index contributed by atoms with van der Waals surface area (Å²) in [7, 11) is 0. The molecule has 1 saturated carbocycles. The van der Waals surface area contributed by atoms with Crippen molar-refractivity contribution in [1.29, 1.82) is 0 Å². The van der Waals surface area contributed by atoms with Crippen molar-refractivity contribution in [3.05, 3.63) is 22.7 Å². The van der Waals surface area contributed by atoms with Crippen molar-refractivity contribution in [3.63, 3.8) is 0 Å². The number of hydrogen-bond donors (Lipinski definition) is 2. The average Bonchev–Trinajstić information content (AvgIpc) is 2.77. The first kappa shape index (κ1) is 13.1. The first-order chi connectivity index (χ1) is 8.70. The number of aliphatic hydroxyl groups is 1. The predicted octanol–water partition coefficient (Wildman–Crippen LogP) is 1.23. The van der Waals surface area contributed by atoms with E-state index < -0.39 is 0 Å². The molecule has 0 amide bonds. The van der Waals surface area contributed by atoms with Crippen LogP contribution >= 0.6 is 0 Å². The van der Waals surface area contributed by atoms with E-state index in [0.717, 1.165) is 38.8 Å². The number of nitrogens with one attached hydrogen (secondary N) is 1. The Morgan fingerprint density at radius 2 is 2.39 bits per heavy atom. The number of nitrogens with zero attached hydrogens (tertiary/aromatic N) is 2. The normalized spacial score (nSPS) is 23.2.